The first-order chi connectivity index (χ1) is 11.2. The van der Waals surface area contributed by atoms with Crippen LogP contribution in [0.15, 0.2) is 45.3 Å². The molecule has 0 bridgehead atoms. The van der Waals surface area contributed by atoms with Gasteiger partial charge in [-0.1, -0.05) is 44.0 Å². The summed E-state index contributed by atoms with van der Waals surface area (Å²) in [5, 5.41) is 2.63. The number of ether oxygens (including phenoxy) is 1. The number of aromatic nitrogens is 1. The first-order valence-corrected chi connectivity index (χ1v) is 9.48. The summed E-state index contributed by atoms with van der Waals surface area (Å²) < 4.78 is 10.1. The highest BCUT2D eigenvalue weighted by Crippen LogP contribution is 2.32. The van der Waals surface area contributed by atoms with Crippen LogP contribution in [-0.4, -0.2) is 42.3 Å². The smallest absolute Gasteiger partial charge is 0.0594 e. The third kappa shape index (κ3) is 3.07. The molecular formula is C18H18Br2N2O. The van der Waals surface area contributed by atoms with Crippen molar-refractivity contribution in [2.24, 2.45) is 0 Å². The number of rotatable bonds is 3. The summed E-state index contributed by atoms with van der Waals surface area (Å²) in [6.07, 6.45) is 0. The molecule has 1 saturated heterocycles. The van der Waals surface area contributed by atoms with Crippen LogP contribution < -0.4 is 0 Å². The summed E-state index contributed by atoms with van der Waals surface area (Å²) in [7, 11) is 0. The van der Waals surface area contributed by atoms with E-state index in [1.54, 1.807) is 0 Å². The Hall–Kier alpha value is -0.880. The molecule has 0 N–H and O–H groups in total. The predicted molar refractivity (Wildman–Crippen MR) is 102 cm³/mol. The molecule has 2 aromatic carbocycles. The first-order valence-electron chi connectivity index (χ1n) is 7.89. The topological polar surface area (TPSA) is 17.4 Å². The van der Waals surface area contributed by atoms with Gasteiger partial charge in [0.2, 0.25) is 0 Å². The molecule has 0 radical (unpaired) electrons. The molecule has 2 heterocycles. The second kappa shape index (κ2) is 6.55. The van der Waals surface area contributed by atoms with E-state index in [4.69, 9.17) is 4.74 Å². The summed E-state index contributed by atoms with van der Waals surface area (Å²) in [5.74, 6) is 0. The maximum atomic E-state index is 5.45. The minimum atomic E-state index is 0.851. The van der Waals surface area contributed by atoms with Crippen molar-refractivity contribution >= 4 is 53.7 Å². The predicted octanol–water partition coefficient (Wildman–Crippen LogP) is 4.65. The van der Waals surface area contributed by atoms with Crippen LogP contribution in [0.4, 0.5) is 0 Å². The highest BCUT2D eigenvalue weighted by atomic mass is 79.9. The second-order valence-electron chi connectivity index (χ2n) is 5.93. The van der Waals surface area contributed by atoms with E-state index in [0.29, 0.717) is 0 Å². The van der Waals surface area contributed by atoms with Crippen LogP contribution in [-0.2, 0) is 11.3 Å². The van der Waals surface area contributed by atoms with Crippen LogP contribution in [0.2, 0.25) is 0 Å². The third-order valence-electron chi connectivity index (χ3n) is 4.53. The van der Waals surface area contributed by atoms with Gasteiger partial charge in [0.05, 0.1) is 24.2 Å². The highest BCUT2D eigenvalue weighted by molar-refractivity contribution is 9.10. The van der Waals surface area contributed by atoms with Crippen molar-refractivity contribution in [3.63, 3.8) is 0 Å². The Morgan fingerprint density at radius 1 is 0.826 bits per heavy atom. The third-order valence-corrected chi connectivity index (χ3v) is 5.52. The molecule has 120 valence electrons. The zero-order valence-corrected chi connectivity index (χ0v) is 15.9. The quantitative estimate of drug-likeness (QED) is 0.593. The molecule has 5 heteroatoms. The van der Waals surface area contributed by atoms with Gasteiger partial charge in [-0.05, 0) is 24.3 Å². The standard InChI is InChI=1S/C18H18Br2N2O/c19-13-1-3-15-16-4-2-14(20)12-18(16)22(17(15)11-13)6-5-21-7-9-23-10-8-21/h1-4,11-12H,5-10H2. The molecule has 0 amide bonds. The molecule has 1 aliphatic heterocycles. The SMILES string of the molecule is Brc1ccc2c3ccc(Br)cc3n(CCN3CCOCC3)c2c1. The van der Waals surface area contributed by atoms with Crippen LogP contribution in [0.25, 0.3) is 21.8 Å². The average Bonchev–Trinajstić information content (AvgIpc) is 2.86. The van der Waals surface area contributed by atoms with E-state index in [0.717, 1.165) is 48.3 Å². The molecule has 0 aliphatic carbocycles. The van der Waals surface area contributed by atoms with E-state index < -0.39 is 0 Å². The van der Waals surface area contributed by atoms with Crippen molar-refractivity contribution in [1.29, 1.82) is 0 Å². The summed E-state index contributed by atoms with van der Waals surface area (Å²) >= 11 is 7.23. The monoisotopic (exact) mass is 436 g/mol. The van der Waals surface area contributed by atoms with E-state index in [1.165, 1.54) is 21.8 Å². The highest BCUT2D eigenvalue weighted by Gasteiger charge is 2.14. The Bertz CT molecular complexity index is 794. The van der Waals surface area contributed by atoms with Gasteiger partial charge in [0.25, 0.3) is 0 Å². The Morgan fingerprint density at radius 3 is 1.96 bits per heavy atom. The minimum absolute atomic E-state index is 0.851. The van der Waals surface area contributed by atoms with Gasteiger partial charge in [-0.2, -0.15) is 0 Å². The van der Waals surface area contributed by atoms with E-state index in [1.807, 2.05) is 0 Å². The molecule has 1 aliphatic rings. The van der Waals surface area contributed by atoms with Crippen molar-refractivity contribution in [2.45, 2.75) is 6.54 Å². The van der Waals surface area contributed by atoms with Crippen molar-refractivity contribution in [3.8, 4) is 0 Å². The van der Waals surface area contributed by atoms with E-state index in [9.17, 15) is 0 Å². The molecule has 1 aromatic heterocycles. The lowest BCUT2D eigenvalue weighted by Crippen LogP contribution is -2.38. The zero-order valence-electron chi connectivity index (χ0n) is 12.8. The van der Waals surface area contributed by atoms with Gasteiger partial charge >= 0.3 is 0 Å². The molecule has 3 aromatic rings. The Labute approximate surface area is 152 Å². The molecule has 1 fully saturated rings. The van der Waals surface area contributed by atoms with Crippen molar-refractivity contribution in [2.75, 3.05) is 32.8 Å². The lowest BCUT2D eigenvalue weighted by atomic mass is 10.2. The lowest BCUT2D eigenvalue weighted by molar-refractivity contribution is 0.0366. The number of hydrogen-bond acceptors (Lipinski definition) is 2. The number of hydrogen-bond donors (Lipinski definition) is 0. The van der Waals surface area contributed by atoms with Gasteiger partial charge in [0.15, 0.2) is 0 Å². The minimum Gasteiger partial charge on any atom is -0.379 e. The molecule has 0 unspecified atom stereocenters. The molecule has 0 spiro atoms. The van der Waals surface area contributed by atoms with E-state index in [-0.39, 0.29) is 0 Å². The van der Waals surface area contributed by atoms with Gasteiger partial charge in [-0.25, -0.2) is 0 Å². The number of nitrogens with zero attached hydrogens (tertiary/aromatic N) is 2. The number of morpholine rings is 1. The molecule has 4 rings (SSSR count). The summed E-state index contributed by atoms with van der Waals surface area (Å²) in [5.41, 5.74) is 2.58. The van der Waals surface area contributed by atoms with Gasteiger partial charge < -0.3 is 9.30 Å². The Morgan fingerprint density at radius 2 is 1.39 bits per heavy atom. The number of benzene rings is 2. The number of halogens is 2. The first kappa shape index (κ1) is 15.6. The van der Waals surface area contributed by atoms with Crippen molar-refractivity contribution < 1.29 is 4.74 Å². The van der Waals surface area contributed by atoms with Gasteiger partial charge in [0.1, 0.15) is 0 Å². The Kier molecular flexibility index (Phi) is 4.46. The largest absolute Gasteiger partial charge is 0.379 e. The Balaban J connectivity index is 1.77. The fourth-order valence-corrected chi connectivity index (χ4v) is 4.05. The zero-order chi connectivity index (χ0) is 15.8. The summed E-state index contributed by atoms with van der Waals surface area (Å²) in [6, 6.07) is 13.1. The fraction of sp³-hybridized carbons (Fsp3) is 0.333. The lowest BCUT2D eigenvalue weighted by Gasteiger charge is -2.26. The molecule has 23 heavy (non-hydrogen) atoms. The summed E-state index contributed by atoms with van der Waals surface area (Å²) in [4.78, 5) is 2.48. The van der Waals surface area contributed by atoms with Crippen LogP contribution in [0.5, 0.6) is 0 Å². The van der Waals surface area contributed by atoms with Crippen molar-refractivity contribution in [3.05, 3.63) is 45.3 Å². The van der Waals surface area contributed by atoms with Crippen LogP contribution in [0.3, 0.4) is 0 Å². The molecule has 0 saturated carbocycles. The number of fused-ring (bicyclic) bond motifs is 3. The van der Waals surface area contributed by atoms with Gasteiger partial charge in [-0.3, -0.25) is 4.90 Å². The summed E-state index contributed by atoms with van der Waals surface area (Å²) in [6.45, 7) is 5.82. The molecule has 3 nitrogen and oxygen atoms in total. The van der Waals surface area contributed by atoms with Crippen LogP contribution in [0.1, 0.15) is 0 Å². The molecule has 0 atom stereocenters. The van der Waals surface area contributed by atoms with Crippen LogP contribution >= 0.6 is 31.9 Å². The van der Waals surface area contributed by atoms with Crippen molar-refractivity contribution in [1.82, 2.24) is 9.47 Å². The normalized spacial score (nSPS) is 16.4. The fourth-order valence-electron chi connectivity index (χ4n) is 3.35. The maximum absolute atomic E-state index is 5.45. The van der Waals surface area contributed by atoms with Crippen LogP contribution in [0, 0.1) is 0 Å². The average molecular weight is 438 g/mol. The molecular weight excluding hydrogens is 420 g/mol. The van der Waals surface area contributed by atoms with E-state index in [2.05, 4.69) is 77.7 Å². The van der Waals surface area contributed by atoms with E-state index >= 15 is 0 Å². The van der Waals surface area contributed by atoms with Gasteiger partial charge in [-0.15, -0.1) is 0 Å². The maximum Gasteiger partial charge on any atom is 0.0594 e. The van der Waals surface area contributed by atoms with Gasteiger partial charge in [0, 0.05) is 45.9 Å². The second-order valence-corrected chi connectivity index (χ2v) is 7.76.